The summed E-state index contributed by atoms with van der Waals surface area (Å²) in [6, 6.07) is 20.6. The van der Waals surface area contributed by atoms with Gasteiger partial charge in [0.1, 0.15) is 17.9 Å². The van der Waals surface area contributed by atoms with E-state index in [1.807, 2.05) is 24.3 Å². The number of anilines is 1. The van der Waals surface area contributed by atoms with Crippen LogP contribution in [0, 0.1) is 10.1 Å². The van der Waals surface area contributed by atoms with E-state index in [-0.39, 0.29) is 23.0 Å². The molecule has 2 amide bonds. The summed E-state index contributed by atoms with van der Waals surface area (Å²) in [6.07, 6.45) is 2.52. The fraction of sp³-hybridized carbons (Fsp3) is 0.179. The summed E-state index contributed by atoms with van der Waals surface area (Å²) in [5.41, 5.74) is 3.17. The maximum Gasteiger partial charge on any atom is 0.270 e. The topological polar surface area (TPSA) is 102 Å². The SMILES string of the molecule is CC[C@@H](C)c1ccc(N2C(=O)/C(=C/c3ccc(OCc4ccc([N+](=O)[O-])cc4)cc3)C(=O)NC2=S)cc1. The summed E-state index contributed by atoms with van der Waals surface area (Å²) >= 11 is 5.29. The monoisotopic (exact) mass is 515 g/mol. The third-order valence-electron chi connectivity index (χ3n) is 6.18. The molecule has 0 unspecified atom stereocenters. The van der Waals surface area contributed by atoms with E-state index in [0.717, 1.165) is 17.5 Å². The number of carbonyl (C=O) groups excluding carboxylic acids is 2. The van der Waals surface area contributed by atoms with Gasteiger partial charge in [-0.1, -0.05) is 38.1 Å². The second-order valence-corrected chi connectivity index (χ2v) is 9.03. The third kappa shape index (κ3) is 5.90. The van der Waals surface area contributed by atoms with Gasteiger partial charge >= 0.3 is 0 Å². The van der Waals surface area contributed by atoms with E-state index in [2.05, 4.69) is 19.2 Å². The summed E-state index contributed by atoms with van der Waals surface area (Å²) in [4.78, 5) is 37.5. The Morgan fingerprint density at radius 3 is 2.27 bits per heavy atom. The van der Waals surface area contributed by atoms with E-state index >= 15 is 0 Å². The van der Waals surface area contributed by atoms with Crippen LogP contribution in [0.2, 0.25) is 0 Å². The lowest BCUT2D eigenvalue weighted by molar-refractivity contribution is -0.384. The van der Waals surface area contributed by atoms with E-state index in [9.17, 15) is 19.7 Å². The van der Waals surface area contributed by atoms with Crippen LogP contribution in [0.25, 0.3) is 6.08 Å². The standard InChI is InChI=1S/C28H25N3O5S/c1-3-18(2)21-8-12-22(13-9-21)30-27(33)25(26(32)29-28(30)37)16-19-6-14-24(15-7-19)36-17-20-4-10-23(11-5-20)31(34)35/h4-16,18H,3,17H2,1-2H3,(H,29,32,37)/b25-16+/t18-/m1/s1. The highest BCUT2D eigenvalue weighted by Crippen LogP contribution is 2.26. The van der Waals surface area contributed by atoms with Gasteiger partial charge in [-0.05, 0) is 83.7 Å². The fourth-order valence-electron chi connectivity index (χ4n) is 3.79. The lowest BCUT2D eigenvalue weighted by Crippen LogP contribution is -2.54. The van der Waals surface area contributed by atoms with Crippen LogP contribution < -0.4 is 15.0 Å². The summed E-state index contributed by atoms with van der Waals surface area (Å²) in [5, 5.41) is 13.4. The normalized spacial score (nSPS) is 15.5. The van der Waals surface area contributed by atoms with Crippen molar-refractivity contribution in [2.24, 2.45) is 0 Å². The number of rotatable bonds is 8. The number of hydrogen-bond acceptors (Lipinski definition) is 6. The van der Waals surface area contributed by atoms with Crippen molar-refractivity contribution in [1.82, 2.24) is 5.32 Å². The number of carbonyl (C=O) groups is 2. The molecule has 9 heteroatoms. The van der Waals surface area contributed by atoms with Crippen LogP contribution in [0.5, 0.6) is 5.75 Å². The lowest BCUT2D eigenvalue weighted by atomic mass is 9.98. The van der Waals surface area contributed by atoms with E-state index < -0.39 is 16.7 Å². The minimum absolute atomic E-state index is 0.0184. The molecule has 4 rings (SSSR count). The predicted molar refractivity (Wildman–Crippen MR) is 145 cm³/mol. The summed E-state index contributed by atoms with van der Waals surface area (Å²) in [7, 11) is 0. The Balaban J connectivity index is 1.47. The molecule has 1 aliphatic heterocycles. The van der Waals surface area contributed by atoms with Crippen LogP contribution in [0.3, 0.4) is 0 Å². The molecule has 37 heavy (non-hydrogen) atoms. The van der Waals surface area contributed by atoms with Gasteiger partial charge in [-0.3, -0.25) is 29.9 Å². The zero-order valence-corrected chi connectivity index (χ0v) is 21.2. The van der Waals surface area contributed by atoms with Crippen LogP contribution in [0.4, 0.5) is 11.4 Å². The molecule has 1 heterocycles. The molecule has 0 saturated carbocycles. The first-order valence-corrected chi connectivity index (χ1v) is 12.1. The number of hydrogen-bond donors (Lipinski definition) is 1. The minimum Gasteiger partial charge on any atom is -0.489 e. The second kappa shape index (κ2) is 11.1. The first-order valence-electron chi connectivity index (χ1n) is 11.7. The molecular formula is C28H25N3O5S. The maximum atomic E-state index is 13.3. The van der Waals surface area contributed by atoms with Crippen LogP contribution >= 0.6 is 12.2 Å². The van der Waals surface area contributed by atoms with Crippen LogP contribution in [-0.4, -0.2) is 21.9 Å². The number of nitrogens with one attached hydrogen (secondary N) is 1. The molecule has 3 aromatic carbocycles. The third-order valence-corrected chi connectivity index (χ3v) is 6.46. The number of nitro benzene ring substituents is 1. The number of nitrogens with zero attached hydrogens (tertiary/aromatic N) is 2. The van der Waals surface area contributed by atoms with Gasteiger partial charge in [0.05, 0.1) is 10.6 Å². The Labute approximate surface area is 219 Å². The molecule has 1 aliphatic rings. The maximum absolute atomic E-state index is 13.3. The van der Waals surface area contributed by atoms with Gasteiger partial charge in [0, 0.05) is 12.1 Å². The molecule has 1 atom stereocenters. The first kappa shape index (κ1) is 25.7. The summed E-state index contributed by atoms with van der Waals surface area (Å²) in [6.45, 7) is 4.49. The molecule has 0 bridgehead atoms. The number of thiocarbonyl (C=S) groups is 1. The van der Waals surface area contributed by atoms with Crippen molar-refractivity contribution >= 4 is 46.6 Å². The van der Waals surface area contributed by atoms with Gasteiger partial charge in [-0.15, -0.1) is 0 Å². The Bertz CT molecular complexity index is 1370. The quantitative estimate of drug-likeness (QED) is 0.139. The summed E-state index contributed by atoms with van der Waals surface area (Å²) < 4.78 is 5.74. The van der Waals surface area contributed by atoms with Crippen molar-refractivity contribution < 1.29 is 19.2 Å². The molecule has 0 aliphatic carbocycles. The van der Waals surface area contributed by atoms with Gasteiger partial charge in [0.15, 0.2) is 5.11 Å². The lowest BCUT2D eigenvalue weighted by Gasteiger charge is -2.29. The van der Waals surface area contributed by atoms with Gasteiger partial charge < -0.3 is 4.74 Å². The minimum atomic E-state index is -0.555. The van der Waals surface area contributed by atoms with E-state index in [1.165, 1.54) is 23.1 Å². The molecule has 188 valence electrons. The molecular weight excluding hydrogens is 490 g/mol. The number of amides is 2. The average molecular weight is 516 g/mol. The molecule has 1 fully saturated rings. The molecule has 3 aromatic rings. The number of non-ortho nitro benzene ring substituents is 1. The number of nitro groups is 1. The smallest absolute Gasteiger partial charge is 0.270 e. The van der Waals surface area contributed by atoms with Crippen molar-refractivity contribution in [1.29, 1.82) is 0 Å². The van der Waals surface area contributed by atoms with Gasteiger partial charge in [0.2, 0.25) is 0 Å². The van der Waals surface area contributed by atoms with Crippen LogP contribution in [0.15, 0.2) is 78.4 Å². The molecule has 0 aromatic heterocycles. The molecule has 0 spiro atoms. The molecule has 1 saturated heterocycles. The summed E-state index contributed by atoms with van der Waals surface area (Å²) in [5.74, 6) is -0.0806. The molecule has 1 N–H and O–H groups in total. The second-order valence-electron chi connectivity index (χ2n) is 8.64. The first-order chi connectivity index (χ1) is 17.8. The Kier molecular flexibility index (Phi) is 7.74. The fourth-order valence-corrected chi connectivity index (χ4v) is 4.07. The van der Waals surface area contributed by atoms with Gasteiger partial charge in [-0.2, -0.15) is 0 Å². The van der Waals surface area contributed by atoms with Crippen molar-refractivity contribution in [3.05, 3.63) is 105 Å². The van der Waals surface area contributed by atoms with Crippen molar-refractivity contribution in [2.45, 2.75) is 32.8 Å². The highest BCUT2D eigenvalue weighted by molar-refractivity contribution is 7.80. The van der Waals surface area contributed by atoms with Crippen LogP contribution in [0.1, 0.15) is 42.9 Å². The number of ether oxygens (including phenoxy) is 1. The Morgan fingerprint density at radius 2 is 1.68 bits per heavy atom. The Hall–Kier alpha value is -4.37. The van der Waals surface area contributed by atoms with Crippen LogP contribution in [-0.2, 0) is 16.2 Å². The van der Waals surface area contributed by atoms with E-state index in [1.54, 1.807) is 36.4 Å². The van der Waals surface area contributed by atoms with Crippen molar-refractivity contribution in [3.63, 3.8) is 0 Å². The van der Waals surface area contributed by atoms with Crippen molar-refractivity contribution in [2.75, 3.05) is 4.90 Å². The Morgan fingerprint density at radius 1 is 1.03 bits per heavy atom. The largest absolute Gasteiger partial charge is 0.489 e. The molecule has 0 radical (unpaired) electrons. The number of benzene rings is 3. The molecule has 8 nitrogen and oxygen atoms in total. The predicted octanol–water partition coefficient (Wildman–Crippen LogP) is 5.52. The zero-order valence-electron chi connectivity index (χ0n) is 20.3. The highest BCUT2D eigenvalue weighted by atomic mass is 32.1. The van der Waals surface area contributed by atoms with Crippen molar-refractivity contribution in [3.8, 4) is 5.75 Å². The van der Waals surface area contributed by atoms with Gasteiger partial charge in [0.25, 0.3) is 17.5 Å². The average Bonchev–Trinajstić information content (AvgIpc) is 2.90. The zero-order chi connectivity index (χ0) is 26.5. The van der Waals surface area contributed by atoms with E-state index in [4.69, 9.17) is 17.0 Å². The van der Waals surface area contributed by atoms with E-state index in [0.29, 0.717) is 22.9 Å². The van der Waals surface area contributed by atoms with Gasteiger partial charge in [-0.25, -0.2) is 0 Å². The highest BCUT2D eigenvalue weighted by Gasteiger charge is 2.34.